The Bertz CT molecular complexity index is 282. The Morgan fingerprint density at radius 3 is 2.26 bits per heavy atom. The summed E-state index contributed by atoms with van der Waals surface area (Å²) in [5, 5.41) is 8.87. The molecular weight excluding hydrogens is 244 g/mol. The van der Waals surface area contributed by atoms with E-state index in [9.17, 15) is 9.59 Å². The molecule has 0 spiro atoms. The van der Waals surface area contributed by atoms with Gasteiger partial charge in [-0.3, -0.25) is 9.59 Å². The van der Waals surface area contributed by atoms with Gasteiger partial charge in [0.05, 0.1) is 0 Å². The van der Waals surface area contributed by atoms with Crippen molar-refractivity contribution in [2.45, 2.75) is 58.9 Å². The van der Waals surface area contributed by atoms with Gasteiger partial charge in [-0.1, -0.05) is 20.3 Å². The van der Waals surface area contributed by atoms with Gasteiger partial charge in [-0.05, 0) is 38.6 Å². The predicted octanol–water partition coefficient (Wildman–Crippen LogP) is 1.85. The molecule has 5 nitrogen and oxygen atoms in total. The number of carboxylic acids is 1. The SMILES string of the molecule is CCC(CCN)CCC(=O)N(CC(=O)O)C(C)CC. The van der Waals surface area contributed by atoms with E-state index in [1.165, 1.54) is 4.90 Å². The lowest BCUT2D eigenvalue weighted by Gasteiger charge is -2.27. The summed E-state index contributed by atoms with van der Waals surface area (Å²) < 4.78 is 0. The second kappa shape index (κ2) is 9.78. The smallest absolute Gasteiger partial charge is 0.323 e. The summed E-state index contributed by atoms with van der Waals surface area (Å²) in [4.78, 5) is 24.4. The molecule has 0 aliphatic heterocycles. The van der Waals surface area contributed by atoms with Gasteiger partial charge in [0.15, 0.2) is 0 Å². The van der Waals surface area contributed by atoms with Crippen molar-refractivity contribution in [3.63, 3.8) is 0 Å². The number of carbonyl (C=O) groups is 2. The number of nitrogens with two attached hydrogens (primary N) is 1. The van der Waals surface area contributed by atoms with E-state index in [2.05, 4.69) is 6.92 Å². The zero-order chi connectivity index (χ0) is 14.8. The van der Waals surface area contributed by atoms with Crippen molar-refractivity contribution >= 4 is 11.9 Å². The van der Waals surface area contributed by atoms with Crippen LogP contribution in [-0.4, -0.2) is 41.0 Å². The number of amides is 1. The Kier molecular flexibility index (Phi) is 9.21. The van der Waals surface area contributed by atoms with Gasteiger partial charge in [0, 0.05) is 12.5 Å². The summed E-state index contributed by atoms with van der Waals surface area (Å²) in [6.45, 7) is 6.36. The summed E-state index contributed by atoms with van der Waals surface area (Å²) in [5.74, 6) is -0.563. The first-order valence-corrected chi connectivity index (χ1v) is 7.17. The largest absolute Gasteiger partial charge is 0.480 e. The van der Waals surface area contributed by atoms with Crippen LogP contribution < -0.4 is 5.73 Å². The first kappa shape index (κ1) is 17.9. The highest BCUT2D eigenvalue weighted by atomic mass is 16.4. The molecule has 0 rings (SSSR count). The third kappa shape index (κ3) is 7.15. The van der Waals surface area contributed by atoms with E-state index in [1.807, 2.05) is 13.8 Å². The maximum absolute atomic E-state index is 12.1. The van der Waals surface area contributed by atoms with Crippen LogP contribution in [0.2, 0.25) is 0 Å². The minimum Gasteiger partial charge on any atom is -0.480 e. The molecule has 0 aromatic rings. The molecular formula is C14H28N2O3. The molecule has 0 saturated carbocycles. The Morgan fingerprint density at radius 1 is 1.21 bits per heavy atom. The van der Waals surface area contributed by atoms with E-state index in [4.69, 9.17) is 10.8 Å². The number of aliphatic carboxylic acids is 1. The van der Waals surface area contributed by atoms with E-state index in [0.717, 1.165) is 25.7 Å². The van der Waals surface area contributed by atoms with Crippen LogP contribution in [0.3, 0.4) is 0 Å². The molecule has 2 unspecified atom stereocenters. The third-order valence-electron chi connectivity index (χ3n) is 3.67. The average molecular weight is 272 g/mol. The van der Waals surface area contributed by atoms with Gasteiger partial charge < -0.3 is 15.7 Å². The monoisotopic (exact) mass is 272 g/mol. The third-order valence-corrected chi connectivity index (χ3v) is 3.67. The second-order valence-electron chi connectivity index (χ2n) is 5.06. The molecule has 0 aromatic heterocycles. The molecule has 3 N–H and O–H groups in total. The molecule has 1 amide bonds. The average Bonchev–Trinajstić information content (AvgIpc) is 2.39. The van der Waals surface area contributed by atoms with E-state index < -0.39 is 5.97 Å². The van der Waals surface area contributed by atoms with Gasteiger partial charge in [-0.2, -0.15) is 0 Å². The molecule has 0 saturated heterocycles. The molecule has 112 valence electrons. The Hall–Kier alpha value is -1.10. The number of nitrogens with zero attached hydrogens (tertiary/aromatic N) is 1. The van der Waals surface area contributed by atoms with E-state index >= 15 is 0 Å². The minimum atomic E-state index is -0.956. The zero-order valence-electron chi connectivity index (χ0n) is 12.4. The molecule has 2 atom stereocenters. The molecule has 0 aromatic carbocycles. The normalized spacial score (nSPS) is 13.9. The van der Waals surface area contributed by atoms with Crippen molar-refractivity contribution in [3.8, 4) is 0 Å². The van der Waals surface area contributed by atoms with Crippen LogP contribution >= 0.6 is 0 Å². The van der Waals surface area contributed by atoms with Gasteiger partial charge in [-0.25, -0.2) is 0 Å². The highest BCUT2D eigenvalue weighted by Crippen LogP contribution is 2.16. The number of carbonyl (C=O) groups excluding carboxylic acids is 1. The maximum atomic E-state index is 12.1. The fourth-order valence-corrected chi connectivity index (χ4v) is 2.12. The minimum absolute atomic E-state index is 0.0295. The molecule has 5 heteroatoms. The molecule has 0 aliphatic rings. The van der Waals surface area contributed by atoms with Gasteiger partial charge >= 0.3 is 5.97 Å². The van der Waals surface area contributed by atoms with Gasteiger partial charge in [0.1, 0.15) is 6.54 Å². The summed E-state index contributed by atoms with van der Waals surface area (Å²) >= 11 is 0. The number of hydrogen-bond donors (Lipinski definition) is 2. The Balaban J connectivity index is 4.42. The molecule has 0 radical (unpaired) electrons. The first-order valence-electron chi connectivity index (χ1n) is 7.17. The van der Waals surface area contributed by atoms with E-state index in [1.54, 1.807) is 0 Å². The summed E-state index contributed by atoms with van der Waals surface area (Å²) in [6, 6.07) is -0.0295. The van der Waals surface area contributed by atoms with Crippen LogP contribution in [0.1, 0.15) is 52.9 Å². The van der Waals surface area contributed by atoms with Crippen molar-refractivity contribution < 1.29 is 14.7 Å². The van der Waals surface area contributed by atoms with E-state index in [0.29, 0.717) is 18.9 Å². The highest BCUT2D eigenvalue weighted by molar-refractivity contribution is 5.81. The fourth-order valence-electron chi connectivity index (χ4n) is 2.12. The maximum Gasteiger partial charge on any atom is 0.323 e. The lowest BCUT2D eigenvalue weighted by Crippen LogP contribution is -2.41. The Morgan fingerprint density at radius 2 is 1.84 bits per heavy atom. The van der Waals surface area contributed by atoms with Crippen molar-refractivity contribution in [2.75, 3.05) is 13.1 Å². The van der Waals surface area contributed by atoms with Crippen LogP contribution in [0.5, 0.6) is 0 Å². The Labute approximate surface area is 116 Å². The quantitative estimate of drug-likeness (QED) is 0.635. The molecule has 0 bridgehead atoms. The van der Waals surface area contributed by atoms with Crippen LogP contribution in [0.15, 0.2) is 0 Å². The van der Waals surface area contributed by atoms with E-state index in [-0.39, 0.29) is 18.5 Å². The first-order chi connectivity index (χ1) is 8.96. The van der Waals surface area contributed by atoms with Crippen LogP contribution in [-0.2, 0) is 9.59 Å². The lowest BCUT2D eigenvalue weighted by atomic mass is 9.96. The summed E-state index contributed by atoms with van der Waals surface area (Å²) in [7, 11) is 0. The van der Waals surface area contributed by atoms with Crippen molar-refractivity contribution in [2.24, 2.45) is 11.7 Å². The van der Waals surface area contributed by atoms with Crippen LogP contribution in [0.25, 0.3) is 0 Å². The van der Waals surface area contributed by atoms with Crippen LogP contribution in [0.4, 0.5) is 0 Å². The standard InChI is InChI=1S/C14H28N2O3/c1-4-11(3)16(10-14(18)19)13(17)7-6-12(5-2)8-9-15/h11-12H,4-10,15H2,1-3H3,(H,18,19). The van der Waals surface area contributed by atoms with Gasteiger partial charge in [-0.15, -0.1) is 0 Å². The zero-order valence-corrected chi connectivity index (χ0v) is 12.4. The number of hydrogen-bond acceptors (Lipinski definition) is 3. The molecule has 19 heavy (non-hydrogen) atoms. The van der Waals surface area contributed by atoms with Crippen molar-refractivity contribution in [1.82, 2.24) is 4.90 Å². The fraction of sp³-hybridized carbons (Fsp3) is 0.857. The van der Waals surface area contributed by atoms with Crippen LogP contribution in [0, 0.1) is 5.92 Å². The predicted molar refractivity (Wildman–Crippen MR) is 75.8 cm³/mol. The lowest BCUT2D eigenvalue weighted by molar-refractivity contribution is -0.146. The van der Waals surface area contributed by atoms with Crippen molar-refractivity contribution in [3.05, 3.63) is 0 Å². The molecule has 0 fully saturated rings. The van der Waals surface area contributed by atoms with Gasteiger partial charge in [0.2, 0.25) is 5.91 Å². The molecule has 0 aliphatic carbocycles. The van der Waals surface area contributed by atoms with Crippen molar-refractivity contribution in [1.29, 1.82) is 0 Å². The summed E-state index contributed by atoms with van der Waals surface area (Å²) in [5.41, 5.74) is 5.53. The number of carboxylic acid groups (broad SMARTS) is 1. The van der Waals surface area contributed by atoms with Gasteiger partial charge in [0.25, 0.3) is 0 Å². The topological polar surface area (TPSA) is 83.6 Å². The number of rotatable bonds is 10. The molecule has 0 heterocycles. The second-order valence-corrected chi connectivity index (χ2v) is 5.06. The highest BCUT2D eigenvalue weighted by Gasteiger charge is 2.21. The summed E-state index contributed by atoms with van der Waals surface area (Å²) in [6.07, 6.45) is 3.90.